The first-order valence-corrected chi connectivity index (χ1v) is 12.6. The van der Waals surface area contributed by atoms with Gasteiger partial charge in [-0.05, 0) is 52.8 Å². The minimum absolute atomic E-state index is 0.186. The van der Waals surface area contributed by atoms with E-state index in [0.29, 0.717) is 12.4 Å². The predicted molar refractivity (Wildman–Crippen MR) is 150 cm³/mol. The van der Waals surface area contributed by atoms with E-state index in [2.05, 4.69) is 51.9 Å². The SMILES string of the molecule is COC(=O)Cc1ccccc1C#Cc1cn(C2CCOC2)c2ccc(-c3cccc4c(N)nccc34)cc12. The van der Waals surface area contributed by atoms with Gasteiger partial charge >= 0.3 is 5.97 Å². The number of ether oxygens (including phenoxy) is 2. The van der Waals surface area contributed by atoms with Crippen molar-refractivity contribution >= 4 is 33.5 Å². The summed E-state index contributed by atoms with van der Waals surface area (Å²) in [5.74, 6) is 6.97. The largest absolute Gasteiger partial charge is 0.469 e. The summed E-state index contributed by atoms with van der Waals surface area (Å²) < 4.78 is 12.9. The molecule has 0 spiro atoms. The van der Waals surface area contributed by atoms with E-state index in [9.17, 15) is 4.79 Å². The smallest absolute Gasteiger partial charge is 0.310 e. The van der Waals surface area contributed by atoms with Gasteiger partial charge in [0, 0.05) is 40.9 Å². The normalized spacial score (nSPS) is 14.9. The maximum atomic E-state index is 11.9. The van der Waals surface area contributed by atoms with Crippen LogP contribution in [0.2, 0.25) is 0 Å². The topological polar surface area (TPSA) is 79.4 Å². The van der Waals surface area contributed by atoms with E-state index >= 15 is 0 Å². The van der Waals surface area contributed by atoms with Crippen molar-refractivity contribution in [3.8, 4) is 23.0 Å². The van der Waals surface area contributed by atoms with Crippen molar-refractivity contribution in [2.24, 2.45) is 0 Å². The first-order chi connectivity index (χ1) is 18.6. The van der Waals surface area contributed by atoms with Gasteiger partial charge in [-0.3, -0.25) is 4.79 Å². The highest BCUT2D eigenvalue weighted by Gasteiger charge is 2.21. The van der Waals surface area contributed by atoms with Gasteiger partial charge in [0.25, 0.3) is 0 Å². The van der Waals surface area contributed by atoms with Gasteiger partial charge in [-0.2, -0.15) is 0 Å². The maximum Gasteiger partial charge on any atom is 0.310 e. The van der Waals surface area contributed by atoms with Gasteiger partial charge in [-0.15, -0.1) is 0 Å². The van der Waals surface area contributed by atoms with Crippen molar-refractivity contribution in [3.05, 3.63) is 95.8 Å². The number of carbonyl (C=O) groups is 1. The highest BCUT2D eigenvalue weighted by atomic mass is 16.5. The summed E-state index contributed by atoms with van der Waals surface area (Å²) in [7, 11) is 1.40. The number of anilines is 1. The highest BCUT2D eigenvalue weighted by Crippen LogP contribution is 2.35. The number of rotatable bonds is 4. The number of esters is 1. The Hall–Kier alpha value is -4.60. The van der Waals surface area contributed by atoms with Crippen LogP contribution in [0.15, 0.2) is 79.1 Å². The number of nitrogens with zero attached hydrogens (tertiary/aromatic N) is 2. The second-order valence-corrected chi connectivity index (χ2v) is 9.46. The average molecular weight is 502 g/mol. The second-order valence-electron chi connectivity index (χ2n) is 9.46. The van der Waals surface area contributed by atoms with Gasteiger partial charge in [0.05, 0.1) is 31.7 Å². The van der Waals surface area contributed by atoms with Crippen LogP contribution in [0, 0.1) is 11.8 Å². The van der Waals surface area contributed by atoms with Crippen molar-refractivity contribution in [3.63, 3.8) is 0 Å². The van der Waals surface area contributed by atoms with E-state index in [4.69, 9.17) is 15.2 Å². The molecule has 1 fully saturated rings. The fourth-order valence-corrected chi connectivity index (χ4v) is 5.21. The first kappa shape index (κ1) is 23.8. The fourth-order valence-electron chi connectivity index (χ4n) is 5.21. The number of carbonyl (C=O) groups excluding carboxylic acids is 1. The van der Waals surface area contributed by atoms with E-state index < -0.39 is 0 Å². The number of pyridine rings is 1. The van der Waals surface area contributed by atoms with Crippen molar-refractivity contribution in [2.75, 3.05) is 26.1 Å². The lowest BCUT2D eigenvalue weighted by Crippen LogP contribution is -2.06. The van der Waals surface area contributed by atoms with Gasteiger partial charge in [-0.1, -0.05) is 54.3 Å². The number of hydrogen-bond donors (Lipinski definition) is 1. The summed E-state index contributed by atoms with van der Waals surface area (Å²) in [4.78, 5) is 16.2. The zero-order chi connectivity index (χ0) is 26.1. The number of nitrogen functional groups attached to an aromatic ring is 1. The third-order valence-corrected chi connectivity index (χ3v) is 7.19. The summed E-state index contributed by atoms with van der Waals surface area (Å²) in [5.41, 5.74) is 12.1. The Morgan fingerprint density at radius 1 is 1.05 bits per heavy atom. The van der Waals surface area contributed by atoms with Crippen LogP contribution in [0.25, 0.3) is 32.8 Å². The number of fused-ring (bicyclic) bond motifs is 2. The number of benzene rings is 3. The molecule has 3 heterocycles. The van der Waals surface area contributed by atoms with Gasteiger partial charge in [-0.25, -0.2) is 4.98 Å². The Balaban J connectivity index is 1.50. The van der Waals surface area contributed by atoms with Crippen molar-refractivity contribution in [1.29, 1.82) is 0 Å². The quantitative estimate of drug-likeness (QED) is 0.259. The summed E-state index contributed by atoms with van der Waals surface area (Å²) in [6.45, 7) is 1.45. The van der Waals surface area contributed by atoms with Crippen LogP contribution in [0.3, 0.4) is 0 Å². The Morgan fingerprint density at radius 3 is 2.76 bits per heavy atom. The van der Waals surface area contributed by atoms with E-state index in [-0.39, 0.29) is 18.4 Å². The zero-order valence-corrected chi connectivity index (χ0v) is 21.1. The summed E-state index contributed by atoms with van der Waals surface area (Å²) in [6.07, 6.45) is 5.04. The van der Waals surface area contributed by atoms with Gasteiger partial charge in [0.1, 0.15) is 5.82 Å². The average Bonchev–Trinajstić information content (AvgIpc) is 3.60. The fraction of sp³-hybridized carbons (Fsp3) is 0.188. The molecule has 1 saturated heterocycles. The monoisotopic (exact) mass is 501 g/mol. The number of hydrogen-bond acceptors (Lipinski definition) is 5. The number of methoxy groups -OCH3 is 1. The molecule has 1 aliphatic rings. The van der Waals surface area contributed by atoms with Crippen LogP contribution < -0.4 is 5.73 Å². The van der Waals surface area contributed by atoms with Crippen LogP contribution in [0.5, 0.6) is 0 Å². The molecule has 1 atom stereocenters. The minimum Gasteiger partial charge on any atom is -0.469 e. The number of nitrogens with two attached hydrogens (primary N) is 1. The molecule has 188 valence electrons. The molecule has 38 heavy (non-hydrogen) atoms. The second kappa shape index (κ2) is 10.0. The van der Waals surface area contributed by atoms with E-state index in [1.165, 1.54) is 7.11 Å². The molecule has 6 heteroatoms. The van der Waals surface area contributed by atoms with Gasteiger partial charge in [0.15, 0.2) is 0 Å². The standard InChI is InChI=1S/C32H27N3O3/c1-37-31(36)18-22-6-3-2-5-21(22)9-10-24-19-35(25-14-16-38-20-25)30-12-11-23(17-29(24)30)26-7-4-8-28-27(26)13-15-34-32(28)33/h2-8,11-13,15,17,19,25H,14,16,18,20H2,1H3,(H2,33,34). The molecule has 0 saturated carbocycles. The van der Waals surface area contributed by atoms with Gasteiger partial charge in [0.2, 0.25) is 0 Å². The molecule has 0 aliphatic carbocycles. The molecule has 6 rings (SSSR count). The summed E-state index contributed by atoms with van der Waals surface area (Å²) >= 11 is 0. The Kier molecular flexibility index (Phi) is 6.28. The Bertz CT molecular complexity index is 1740. The van der Waals surface area contributed by atoms with Crippen LogP contribution in [-0.2, 0) is 20.7 Å². The molecule has 2 N–H and O–H groups in total. The first-order valence-electron chi connectivity index (χ1n) is 12.6. The maximum absolute atomic E-state index is 11.9. The Morgan fingerprint density at radius 2 is 1.92 bits per heavy atom. The highest BCUT2D eigenvalue weighted by molar-refractivity contribution is 6.03. The van der Waals surface area contributed by atoms with E-state index in [1.54, 1.807) is 6.20 Å². The molecule has 5 aromatic rings. The van der Waals surface area contributed by atoms with Crippen molar-refractivity contribution < 1.29 is 14.3 Å². The van der Waals surface area contributed by atoms with Crippen LogP contribution in [0.1, 0.15) is 29.2 Å². The summed E-state index contributed by atoms with van der Waals surface area (Å²) in [6, 6.07) is 22.6. The van der Waals surface area contributed by atoms with Crippen LogP contribution in [0.4, 0.5) is 5.82 Å². The third kappa shape index (κ3) is 4.38. The molecular formula is C32H27N3O3. The molecule has 3 aromatic carbocycles. The third-order valence-electron chi connectivity index (χ3n) is 7.19. The molecule has 1 aliphatic heterocycles. The molecule has 0 bridgehead atoms. The molecule has 2 aromatic heterocycles. The predicted octanol–water partition coefficient (Wildman–Crippen LogP) is 5.52. The van der Waals surface area contributed by atoms with Crippen LogP contribution in [-0.4, -0.2) is 35.8 Å². The van der Waals surface area contributed by atoms with Crippen molar-refractivity contribution in [2.45, 2.75) is 18.9 Å². The number of aromatic nitrogens is 2. The lowest BCUT2D eigenvalue weighted by molar-refractivity contribution is -0.139. The Labute approximate surface area is 221 Å². The lowest BCUT2D eigenvalue weighted by Gasteiger charge is -2.12. The molecule has 0 radical (unpaired) electrons. The lowest BCUT2D eigenvalue weighted by atomic mass is 9.97. The van der Waals surface area contributed by atoms with Gasteiger partial charge < -0.3 is 19.8 Å². The van der Waals surface area contributed by atoms with E-state index in [0.717, 1.165) is 62.5 Å². The molecule has 0 amide bonds. The molecule has 1 unspecified atom stereocenters. The van der Waals surface area contributed by atoms with Crippen molar-refractivity contribution in [1.82, 2.24) is 9.55 Å². The molecule has 6 nitrogen and oxygen atoms in total. The molecular weight excluding hydrogens is 474 g/mol. The summed E-state index contributed by atoms with van der Waals surface area (Å²) in [5, 5.41) is 3.08. The minimum atomic E-state index is -0.285. The van der Waals surface area contributed by atoms with E-state index in [1.807, 2.05) is 42.5 Å². The van der Waals surface area contributed by atoms with Crippen LogP contribution >= 0.6 is 0 Å². The zero-order valence-electron chi connectivity index (χ0n) is 21.1.